The molecule has 0 unspecified atom stereocenters. The summed E-state index contributed by atoms with van der Waals surface area (Å²) in [5, 5.41) is 10.5. The number of hydrogen-bond donors (Lipinski definition) is 1. The van der Waals surface area contributed by atoms with Crippen LogP contribution in [0.1, 0.15) is 5.69 Å². The molecule has 0 radical (unpaired) electrons. The number of nitrogens with zero attached hydrogens (tertiary/aromatic N) is 1. The first-order chi connectivity index (χ1) is 7.74. The lowest BCUT2D eigenvalue weighted by molar-refractivity contribution is -0.387. The van der Waals surface area contributed by atoms with Gasteiger partial charge in [-0.3, -0.25) is 14.9 Å². The Morgan fingerprint density at radius 1 is 1.53 bits per heavy atom. The summed E-state index contributed by atoms with van der Waals surface area (Å²) in [6.07, 6.45) is -5.01. The third-order valence-corrected chi connectivity index (χ3v) is 1.86. The highest BCUT2D eigenvalue weighted by molar-refractivity contribution is 6.17. The Labute approximate surface area is 96.1 Å². The average Bonchev–Trinajstić information content (AvgIpc) is 2.12. The van der Waals surface area contributed by atoms with Crippen LogP contribution in [0.2, 0.25) is 0 Å². The number of halogens is 4. The van der Waals surface area contributed by atoms with E-state index >= 15 is 0 Å². The zero-order valence-corrected chi connectivity index (χ0v) is 8.63. The van der Waals surface area contributed by atoms with E-state index in [1.54, 1.807) is 0 Å². The number of ether oxygens (including phenoxy) is 1. The van der Waals surface area contributed by atoms with E-state index in [1.165, 1.54) is 0 Å². The van der Waals surface area contributed by atoms with Crippen molar-refractivity contribution in [2.24, 2.45) is 0 Å². The lowest BCUT2D eigenvalue weighted by Crippen LogP contribution is -2.21. The van der Waals surface area contributed by atoms with Gasteiger partial charge in [0.2, 0.25) is 5.88 Å². The fraction of sp³-hybridized carbons (Fsp3) is 0.286. The van der Waals surface area contributed by atoms with Crippen LogP contribution >= 0.6 is 11.6 Å². The van der Waals surface area contributed by atoms with Crippen LogP contribution in [0, 0.1) is 10.1 Å². The summed E-state index contributed by atoms with van der Waals surface area (Å²) in [6, 6.07) is 0.335. The molecule has 17 heavy (non-hydrogen) atoms. The summed E-state index contributed by atoms with van der Waals surface area (Å²) < 4.78 is 39.0. The SMILES string of the molecule is O=c1cc(OC(F)(F)F)[nH]c(CCl)c1[N+](=O)[O-]. The molecule has 0 spiro atoms. The van der Waals surface area contributed by atoms with Gasteiger partial charge in [0.05, 0.1) is 16.9 Å². The molecule has 1 rings (SSSR count). The highest BCUT2D eigenvalue weighted by Gasteiger charge is 2.32. The number of H-pyrrole nitrogens is 1. The minimum absolute atomic E-state index is 0.335. The van der Waals surface area contributed by atoms with Gasteiger partial charge in [0.1, 0.15) is 5.69 Å². The Morgan fingerprint density at radius 2 is 2.12 bits per heavy atom. The highest BCUT2D eigenvalue weighted by Crippen LogP contribution is 2.22. The van der Waals surface area contributed by atoms with E-state index in [1.807, 2.05) is 4.98 Å². The average molecular weight is 273 g/mol. The largest absolute Gasteiger partial charge is 0.574 e. The fourth-order valence-corrected chi connectivity index (χ4v) is 1.25. The molecule has 6 nitrogen and oxygen atoms in total. The second kappa shape index (κ2) is 4.62. The van der Waals surface area contributed by atoms with Crippen molar-refractivity contribution >= 4 is 17.3 Å². The number of nitrogens with one attached hydrogen (secondary N) is 1. The third kappa shape index (κ3) is 3.34. The Kier molecular flexibility index (Phi) is 3.61. The molecule has 1 aromatic heterocycles. The summed E-state index contributed by atoms with van der Waals surface area (Å²) in [6.45, 7) is 0. The molecular weight excluding hydrogens is 269 g/mol. The smallest absolute Gasteiger partial charge is 0.390 e. The van der Waals surface area contributed by atoms with Crippen molar-refractivity contribution < 1.29 is 22.8 Å². The van der Waals surface area contributed by atoms with E-state index in [-0.39, 0.29) is 0 Å². The molecule has 94 valence electrons. The highest BCUT2D eigenvalue weighted by atomic mass is 35.5. The van der Waals surface area contributed by atoms with E-state index in [4.69, 9.17) is 11.6 Å². The molecule has 0 aliphatic heterocycles. The Balaban J connectivity index is 3.28. The number of aromatic nitrogens is 1. The van der Waals surface area contributed by atoms with Crippen molar-refractivity contribution in [2.45, 2.75) is 12.2 Å². The zero-order valence-electron chi connectivity index (χ0n) is 7.88. The Bertz CT molecular complexity index is 499. The van der Waals surface area contributed by atoms with Gasteiger partial charge in [0.15, 0.2) is 0 Å². The second-order valence-electron chi connectivity index (χ2n) is 2.76. The maximum Gasteiger partial charge on any atom is 0.574 e. The third-order valence-electron chi connectivity index (χ3n) is 1.60. The van der Waals surface area contributed by atoms with Gasteiger partial charge in [0.25, 0.3) is 5.43 Å². The van der Waals surface area contributed by atoms with Gasteiger partial charge in [0, 0.05) is 0 Å². The number of hydrogen-bond acceptors (Lipinski definition) is 4. The van der Waals surface area contributed by atoms with Crippen LogP contribution in [0.15, 0.2) is 10.9 Å². The Morgan fingerprint density at radius 3 is 2.53 bits per heavy atom. The predicted molar refractivity (Wildman–Crippen MR) is 50.0 cm³/mol. The minimum Gasteiger partial charge on any atom is -0.390 e. The molecule has 0 bridgehead atoms. The van der Waals surface area contributed by atoms with Crippen LogP contribution in [0.5, 0.6) is 5.88 Å². The maximum atomic E-state index is 11.9. The molecule has 0 amide bonds. The van der Waals surface area contributed by atoms with Crippen LogP contribution in [0.3, 0.4) is 0 Å². The quantitative estimate of drug-likeness (QED) is 0.517. The molecule has 0 aliphatic rings. The molecule has 1 N–H and O–H groups in total. The fourth-order valence-electron chi connectivity index (χ4n) is 1.06. The van der Waals surface area contributed by atoms with Crippen LogP contribution < -0.4 is 10.2 Å². The first-order valence-corrected chi connectivity index (χ1v) is 4.50. The van der Waals surface area contributed by atoms with Crippen molar-refractivity contribution in [3.05, 3.63) is 32.1 Å². The molecule has 1 heterocycles. The Hall–Kier alpha value is -1.77. The van der Waals surface area contributed by atoms with E-state index in [9.17, 15) is 28.1 Å². The molecule has 1 aromatic rings. The zero-order chi connectivity index (χ0) is 13.2. The lowest BCUT2D eigenvalue weighted by atomic mass is 10.3. The maximum absolute atomic E-state index is 11.9. The van der Waals surface area contributed by atoms with E-state index < -0.39 is 39.9 Å². The van der Waals surface area contributed by atoms with Crippen molar-refractivity contribution in [1.82, 2.24) is 4.98 Å². The van der Waals surface area contributed by atoms with E-state index in [2.05, 4.69) is 4.74 Å². The first kappa shape index (κ1) is 13.3. The summed E-state index contributed by atoms with van der Waals surface area (Å²) >= 11 is 5.28. The monoisotopic (exact) mass is 272 g/mol. The van der Waals surface area contributed by atoms with Crippen molar-refractivity contribution in [3.63, 3.8) is 0 Å². The lowest BCUT2D eigenvalue weighted by Gasteiger charge is -2.09. The molecule has 0 aliphatic carbocycles. The number of aromatic amines is 1. The van der Waals surface area contributed by atoms with Crippen molar-refractivity contribution in [1.29, 1.82) is 0 Å². The van der Waals surface area contributed by atoms with Gasteiger partial charge < -0.3 is 9.72 Å². The number of nitro groups is 1. The number of alkyl halides is 4. The molecule has 0 atom stereocenters. The minimum atomic E-state index is -5.01. The van der Waals surface area contributed by atoms with E-state index in [0.29, 0.717) is 6.07 Å². The van der Waals surface area contributed by atoms with Gasteiger partial charge >= 0.3 is 12.0 Å². The second-order valence-corrected chi connectivity index (χ2v) is 3.03. The van der Waals surface area contributed by atoms with Crippen LogP contribution in [-0.2, 0) is 5.88 Å². The van der Waals surface area contributed by atoms with Gasteiger partial charge in [-0.05, 0) is 0 Å². The van der Waals surface area contributed by atoms with Gasteiger partial charge in [-0.1, -0.05) is 0 Å². The molecule has 0 fully saturated rings. The van der Waals surface area contributed by atoms with Crippen LogP contribution in [-0.4, -0.2) is 16.3 Å². The predicted octanol–water partition coefficient (Wildman–Crippen LogP) is 1.92. The summed E-state index contributed by atoms with van der Waals surface area (Å²) in [7, 11) is 0. The molecule has 0 aromatic carbocycles. The van der Waals surface area contributed by atoms with Crippen molar-refractivity contribution in [2.75, 3.05) is 0 Å². The summed E-state index contributed by atoms with van der Waals surface area (Å²) in [5.41, 5.74) is -2.58. The summed E-state index contributed by atoms with van der Waals surface area (Å²) in [4.78, 5) is 22.5. The normalized spacial score (nSPS) is 11.3. The van der Waals surface area contributed by atoms with Crippen LogP contribution in [0.4, 0.5) is 18.9 Å². The van der Waals surface area contributed by atoms with Crippen molar-refractivity contribution in [3.8, 4) is 5.88 Å². The molecule has 10 heteroatoms. The van der Waals surface area contributed by atoms with E-state index in [0.717, 1.165) is 0 Å². The van der Waals surface area contributed by atoms with Gasteiger partial charge in [-0.15, -0.1) is 24.8 Å². The molecule has 0 saturated carbocycles. The summed E-state index contributed by atoms with van der Waals surface area (Å²) in [5.74, 6) is -1.48. The first-order valence-electron chi connectivity index (χ1n) is 3.97. The standard InChI is InChI=1S/C7H4ClF3N2O4/c8-2-3-6(13(15)16)4(14)1-5(12-3)17-7(9,10)11/h1H,2H2,(H,12,14). The topological polar surface area (TPSA) is 85.2 Å². The van der Waals surface area contributed by atoms with Gasteiger partial charge in [-0.25, -0.2) is 0 Å². The van der Waals surface area contributed by atoms with Gasteiger partial charge in [-0.2, -0.15) is 0 Å². The van der Waals surface area contributed by atoms with Crippen LogP contribution in [0.25, 0.3) is 0 Å². The number of rotatable bonds is 3. The number of pyridine rings is 1. The molecular formula is C7H4ClF3N2O4. The molecule has 0 saturated heterocycles.